The van der Waals surface area contributed by atoms with Crippen molar-refractivity contribution in [2.24, 2.45) is 0 Å². The number of hydrogen-bond acceptors (Lipinski definition) is 3. The van der Waals surface area contributed by atoms with Gasteiger partial charge in [-0.25, -0.2) is 0 Å². The summed E-state index contributed by atoms with van der Waals surface area (Å²) in [5.41, 5.74) is 1.05. The molecule has 1 fully saturated rings. The highest BCUT2D eigenvalue weighted by Gasteiger charge is 2.22. The van der Waals surface area contributed by atoms with E-state index < -0.39 is 5.97 Å². The average Bonchev–Trinajstić information content (AvgIpc) is 2.29. The molecule has 1 aromatic carbocycles. The molecule has 1 aromatic rings. The Balaban J connectivity index is 2.01. The first-order valence-corrected chi connectivity index (χ1v) is 5.87. The van der Waals surface area contributed by atoms with Gasteiger partial charge in [0.2, 0.25) is 0 Å². The topological polar surface area (TPSA) is 49.8 Å². The monoisotopic (exact) mass is 255 g/mol. The second kappa shape index (κ2) is 5.38. The van der Waals surface area contributed by atoms with Gasteiger partial charge in [-0.05, 0) is 24.3 Å². The van der Waals surface area contributed by atoms with E-state index >= 15 is 0 Å². The number of nitrogens with zero attached hydrogens (tertiary/aromatic N) is 1. The van der Waals surface area contributed by atoms with Gasteiger partial charge in [0.15, 0.2) is 0 Å². The van der Waals surface area contributed by atoms with Crippen LogP contribution in [0.2, 0.25) is 5.02 Å². The zero-order chi connectivity index (χ0) is 12.3. The fourth-order valence-corrected chi connectivity index (χ4v) is 2.05. The summed E-state index contributed by atoms with van der Waals surface area (Å²) in [6.45, 7) is 1.94. The minimum absolute atomic E-state index is 0.0457. The van der Waals surface area contributed by atoms with Gasteiger partial charge >= 0.3 is 5.97 Å². The molecule has 5 heteroatoms. The number of carboxylic acid groups (broad SMARTS) is 1. The van der Waals surface area contributed by atoms with E-state index in [1.54, 1.807) is 0 Å². The van der Waals surface area contributed by atoms with Crippen molar-refractivity contribution in [3.63, 3.8) is 0 Å². The number of benzene rings is 1. The molecule has 0 radical (unpaired) electrons. The molecule has 0 aliphatic carbocycles. The van der Waals surface area contributed by atoms with E-state index in [-0.39, 0.29) is 12.5 Å². The van der Waals surface area contributed by atoms with Gasteiger partial charge in [0, 0.05) is 23.8 Å². The molecule has 1 atom stereocenters. The molecule has 0 aromatic heterocycles. The summed E-state index contributed by atoms with van der Waals surface area (Å²) in [7, 11) is 0. The third-order valence-electron chi connectivity index (χ3n) is 2.73. The molecule has 4 nitrogen and oxygen atoms in total. The van der Waals surface area contributed by atoms with Crippen LogP contribution in [0.15, 0.2) is 24.3 Å². The van der Waals surface area contributed by atoms with Crippen LogP contribution in [-0.2, 0) is 9.53 Å². The van der Waals surface area contributed by atoms with E-state index in [2.05, 4.69) is 4.90 Å². The summed E-state index contributed by atoms with van der Waals surface area (Å²) in [6.07, 6.45) is -0.193. The Hall–Kier alpha value is -1.26. The Kier molecular flexibility index (Phi) is 3.86. The molecule has 1 aliphatic heterocycles. The standard InChI is InChI=1S/C12H14ClNO3/c13-9-1-3-10(4-2-9)14-5-6-17-11(8-14)7-12(15)16/h1-4,11H,5-8H2,(H,15,16). The largest absolute Gasteiger partial charge is 0.481 e. The van der Waals surface area contributed by atoms with Crippen molar-refractivity contribution in [2.45, 2.75) is 12.5 Å². The molecule has 17 heavy (non-hydrogen) atoms. The van der Waals surface area contributed by atoms with Gasteiger partial charge in [-0.3, -0.25) is 4.79 Å². The van der Waals surface area contributed by atoms with Crippen LogP contribution < -0.4 is 4.90 Å². The van der Waals surface area contributed by atoms with Crippen molar-refractivity contribution in [1.82, 2.24) is 0 Å². The first kappa shape index (κ1) is 12.2. The second-order valence-corrected chi connectivity index (χ2v) is 4.45. The maximum atomic E-state index is 10.6. The smallest absolute Gasteiger partial charge is 0.306 e. The van der Waals surface area contributed by atoms with Gasteiger partial charge in [0.1, 0.15) is 0 Å². The maximum absolute atomic E-state index is 10.6. The lowest BCUT2D eigenvalue weighted by atomic mass is 10.2. The number of rotatable bonds is 3. The van der Waals surface area contributed by atoms with Crippen molar-refractivity contribution >= 4 is 23.3 Å². The highest BCUT2D eigenvalue weighted by atomic mass is 35.5. The van der Waals surface area contributed by atoms with Crippen molar-refractivity contribution in [3.8, 4) is 0 Å². The molecule has 0 spiro atoms. The van der Waals surface area contributed by atoms with E-state index in [1.165, 1.54) is 0 Å². The van der Waals surface area contributed by atoms with Gasteiger partial charge in [-0.2, -0.15) is 0 Å². The van der Waals surface area contributed by atoms with Gasteiger partial charge in [-0.15, -0.1) is 0 Å². The van der Waals surface area contributed by atoms with Gasteiger partial charge < -0.3 is 14.7 Å². The number of carbonyl (C=O) groups is 1. The lowest BCUT2D eigenvalue weighted by molar-refractivity contribution is -0.140. The number of anilines is 1. The van der Waals surface area contributed by atoms with Gasteiger partial charge in [0.25, 0.3) is 0 Å². The van der Waals surface area contributed by atoms with E-state index in [0.717, 1.165) is 12.2 Å². The Labute approximate surface area is 105 Å². The summed E-state index contributed by atoms with van der Waals surface area (Å²) in [4.78, 5) is 12.8. The van der Waals surface area contributed by atoms with Gasteiger partial charge in [0.05, 0.1) is 19.1 Å². The number of aliphatic carboxylic acids is 1. The van der Waals surface area contributed by atoms with Crippen LogP contribution in [0.1, 0.15) is 6.42 Å². The predicted octanol–water partition coefficient (Wildman–Crippen LogP) is 2.02. The Morgan fingerprint density at radius 3 is 2.82 bits per heavy atom. The number of ether oxygens (including phenoxy) is 1. The molecule has 1 heterocycles. The first-order chi connectivity index (χ1) is 8.15. The lowest BCUT2D eigenvalue weighted by Gasteiger charge is -2.34. The third-order valence-corrected chi connectivity index (χ3v) is 2.98. The molecular weight excluding hydrogens is 242 g/mol. The van der Waals surface area contributed by atoms with E-state index in [1.807, 2.05) is 24.3 Å². The van der Waals surface area contributed by atoms with Crippen LogP contribution in [0.5, 0.6) is 0 Å². The van der Waals surface area contributed by atoms with Crippen molar-refractivity contribution in [1.29, 1.82) is 0 Å². The molecule has 92 valence electrons. The van der Waals surface area contributed by atoms with Crippen LogP contribution in [0.25, 0.3) is 0 Å². The summed E-state index contributed by atoms with van der Waals surface area (Å²) in [6, 6.07) is 7.54. The molecular formula is C12H14ClNO3. The summed E-state index contributed by atoms with van der Waals surface area (Å²) < 4.78 is 5.42. The van der Waals surface area contributed by atoms with Crippen LogP contribution in [-0.4, -0.2) is 36.9 Å². The molecule has 2 rings (SSSR count). The quantitative estimate of drug-likeness (QED) is 0.898. The van der Waals surface area contributed by atoms with Crippen LogP contribution in [0, 0.1) is 0 Å². The first-order valence-electron chi connectivity index (χ1n) is 5.49. The second-order valence-electron chi connectivity index (χ2n) is 4.01. The number of carboxylic acids is 1. The van der Waals surface area contributed by atoms with Crippen LogP contribution >= 0.6 is 11.6 Å². The van der Waals surface area contributed by atoms with Crippen molar-refractivity contribution < 1.29 is 14.6 Å². The summed E-state index contributed by atoms with van der Waals surface area (Å²) >= 11 is 5.83. The minimum atomic E-state index is -0.826. The average molecular weight is 256 g/mol. The Bertz CT molecular complexity index is 393. The molecule has 1 aliphatic rings. The molecule has 0 amide bonds. The summed E-state index contributed by atoms with van der Waals surface area (Å²) in [5, 5.41) is 9.44. The number of hydrogen-bond donors (Lipinski definition) is 1. The molecule has 0 saturated carbocycles. The fraction of sp³-hybridized carbons (Fsp3) is 0.417. The zero-order valence-corrected chi connectivity index (χ0v) is 10.1. The van der Waals surface area contributed by atoms with Crippen molar-refractivity contribution in [3.05, 3.63) is 29.3 Å². The van der Waals surface area contributed by atoms with E-state index in [0.29, 0.717) is 18.2 Å². The van der Waals surface area contributed by atoms with E-state index in [4.69, 9.17) is 21.4 Å². The highest BCUT2D eigenvalue weighted by molar-refractivity contribution is 6.30. The molecule has 1 saturated heterocycles. The minimum Gasteiger partial charge on any atom is -0.481 e. The summed E-state index contributed by atoms with van der Waals surface area (Å²) in [5.74, 6) is -0.826. The van der Waals surface area contributed by atoms with Crippen molar-refractivity contribution in [2.75, 3.05) is 24.6 Å². The molecule has 0 bridgehead atoms. The normalized spacial score (nSPS) is 20.3. The maximum Gasteiger partial charge on any atom is 0.306 e. The predicted molar refractivity (Wildman–Crippen MR) is 65.7 cm³/mol. The Morgan fingerprint density at radius 2 is 2.18 bits per heavy atom. The fourth-order valence-electron chi connectivity index (χ4n) is 1.92. The van der Waals surface area contributed by atoms with Gasteiger partial charge in [-0.1, -0.05) is 11.6 Å². The number of morpholine rings is 1. The van der Waals surface area contributed by atoms with E-state index in [9.17, 15) is 4.79 Å². The highest BCUT2D eigenvalue weighted by Crippen LogP contribution is 2.21. The Morgan fingerprint density at radius 1 is 1.47 bits per heavy atom. The molecule has 1 N–H and O–H groups in total. The SMILES string of the molecule is O=C(O)CC1CN(c2ccc(Cl)cc2)CCO1. The van der Waals surface area contributed by atoms with Crippen LogP contribution in [0.3, 0.4) is 0 Å². The van der Waals surface area contributed by atoms with Crippen LogP contribution in [0.4, 0.5) is 5.69 Å². The third kappa shape index (κ3) is 3.35. The lowest BCUT2D eigenvalue weighted by Crippen LogP contribution is -2.43. The number of halogens is 1. The molecule has 1 unspecified atom stereocenters. The zero-order valence-electron chi connectivity index (χ0n) is 9.30.